The molecule has 2 heterocycles. The first-order chi connectivity index (χ1) is 19.1. The number of halogens is 2. The minimum atomic E-state index is -0.548. The standard InChI is InChI=1S/C30H30F2N4O4.2H2/c1-19-16-36(20(2)18-37)29(38)26-14-22(5-4-21-6-8-23(31)9-7-21)15-33-28(26)40-27(19)17-35(3)30(39)34-25-12-10-24(32)11-13-25;;/h6-15,19-20,27,37H,16-18H2,1-3H3,(H,34,39);2*1H/t19-,20-,27-;;/m1../s1. The molecule has 40 heavy (non-hydrogen) atoms. The fourth-order valence-electron chi connectivity index (χ4n) is 4.17. The molecule has 0 spiro atoms. The van der Waals surface area contributed by atoms with Crippen molar-refractivity contribution in [3.63, 3.8) is 0 Å². The Morgan fingerprint density at radius 1 is 1.18 bits per heavy atom. The summed E-state index contributed by atoms with van der Waals surface area (Å²) in [6, 6.07) is 11.9. The molecule has 0 aliphatic carbocycles. The van der Waals surface area contributed by atoms with Gasteiger partial charge in [-0.3, -0.25) is 4.79 Å². The lowest BCUT2D eigenvalue weighted by Crippen LogP contribution is -2.50. The van der Waals surface area contributed by atoms with Crippen LogP contribution in [0.3, 0.4) is 0 Å². The topological polar surface area (TPSA) is 95.0 Å². The third-order valence-corrected chi connectivity index (χ3v) is 6.61. The van der Waals surface area contributed by atoms with Crippen LogP contribution in [0.15, 0.2) is 60.8 Å². The molecular weight excluding hydrogens is 518 g/mol. The lowest BCUT2D eigenvalue weighted by molar-refractivity contribution is 0.0356. The highest BCUT2D eigenvalue weighted by Crippen LogP contribution is 2.27. The molecule has 0 unspecified atom stereocenters. The van der Waals surface area contributed by atoms with Crippen LogP contribution in [-0.4, -0.2) is 70.7 Å². The molecule has 3 amide bonds. The SMILES string of the molecule is C[C@@H]1CN([C@H](C)CO)C(=O)c2cc(C#Cc3ccc(F)cc3)cnc2O[C@@H]1CN(C)C(=O)Nc1ccc(F)cc1.[HH].[HH]. The highest BCUT2D eigenvalue weighted by molar-refractivity contribution is 5.97. The first-order valence-electron chi connectivity index (χ1n) is 12.8. The highest BCUT2D eigenvalue weighted by atomic mass is 19.1. The fraction of sp³-hybridized carbons (Fsp3) is 0.300. The number of benzene rings is 2. The largest absolute Gasteiger partial charge is 0.472 e. The number of pyridine rings is 1. The van der Waals surface area contributed by atoms with Crippen molar-refractivity contribution in [1.29, 1.82) is 0 Å². The number of aromatic nitrogens is 1. The second-order valence-corrected chi connectivity index (χ2v) is 9.77. The van der Waals surface area contributed by atoms with E-state index in [0.717, 1.165) is 0 Å². The third-order valence-electron chi connectivity index (χ3n) is 6.61. The molecule has 0 bridgehead atoms. The fourth-order valence-corrected chi connectivity index (χ4v) is 4.17. The van der Waals surface area contributed by atoms with Gasteiger partial charge in [0, 0.05) is 45.4 Å². The number of amides is 3. The van der Waals surface area contributed by atoms with Crippen LogP contribution >= 0.6 is 0 Å². The number of likely N-dealkylation sites (N-methyl/N-ethyl adjacent to an activating group) is 1. The Balaban J connectivity index is 0.00000308. The van der Waals surface area contributed by atoms with Crippen LogP contribution in [0.1, 0.15) is 38.2 Å². The van der Waals surface area contributed by atoms with Gasteiger partial charge >= 0.3 is 6.03 Å². The molecule has 4 rings (SSSR count). The van der Waals surface area contributed by atoms with Crippen molar-refractivity contribution in [3.8, 4) is 17.7 Å². The third kappa shape index (κ3) is 6.93. The number of nitrogens with zero attached hydrogens (tertiary/aromatic N) is 3. The summed E-state index contributed by atoms with van der Waals surface area (Å²) in [5.74, 6) is 4.60. The molecule has 1 aromatic heterocycles. The van der Waals surface area contributed by atoms with E-state index in [-0.39, 0.29) is 51.6 Å². The van der Waals surface area contributed by atoms with E-state index in [2.05, 4.69) is 22.1 Å². The average Bonchev–Trinajstić information content (AvgIpc) is 2.95. The van der Waals surface area contributed by atoms with Gasteiger partial charge in [-0.2, -0.15) is 0 Å². The molecule has 3 atom stereocenters. The highest BCUT2D eigenvalue weighted by Gasteiger charge is 2.34. The number of aliphatic hydroxyl groups excluding tert-OH is 1. The minimum absolute atomic E-state index is 0. The number of fused-ring (bicyclic) bond motifs is 1. The van der Waals surface area contributed by atoms with Crippen molar-refractivity contribution in [1.82, 2.24) is 14.8 Å². The van der Waals surface area contributed by atoms with Crippen LogP contribution in [0.2, 0.25) is 0 Å². The van der Waals surface area contributed by atoms with Crippen LogP contribution < -0.4 is 10.1 Å². The van der Waals surface area contributed by atoms with Gasteiger partial charge in [0.15, 0.2) is 0 Å². The van der Waals surface area contributed by atoms with E-state index < -0.39 is 24.0 Å². The molecule has 3 aromatic rings. The molecule has 10 heteroatoms. The van der Waals surface area contributed by atoms with Gasteiger partial charge in [-0.25, -0.2) is 18.6 Å². The Labute approximate surface area is 234 Å². The normalized spacial score (nSPS) is 17.4. The quantitative estimate of drug-likeness (QED) is 0.450. The number of nitrogens with one attached hydrogen (secondary N) is 1. The molecule has 0 radical (unpaired) electrons. The van der Waals surface area contributed by atoms with Crippen molar-refractivity contribution in [3.05, 3.63) is 89.1 Å². The van der Waals surface area contributed by atoms with Crippen molar-refractivity contribution >= 4 is 17.6 Å². The van der Waals surface area contributed by atoms with Crippen LogP contribution in [0.5, 0.6) is 5.88 Å². The lowest BCUT2D eigenvalue weighted by atomic mass is 10.00. The summed E-state index contributed by atoms with van der Waals surface area (Å²) in [5, 5.41) is 12.6. The Kier molecular flexibility index (Phi) is 8.97. The Hall–Kier alpha value is -4.49. The van der Waals surface area contributed by atoms with Crippen LogP contribution in [0.25, 0.3) is 0 Å². The second-order valence-electron chi connectivity index (χ2n) is 9.77. The summed E-state index contributed by atoms with van der Waals surface area (Å²) in [6.07, 6.45) is 0.935. The zero-order valence-corrected chi connectivity index (χ0v) is 22.4. The molecule has 0 saturated carbocycles. The minimum Gasteiger partial charge on any atom is -0.472 e. The number of hydrogen-bond donors (Lipinski definition) is 2. The molecule has 2 aromatic carbocycles. The number of urea groups is 1. The molecule has 2 N–H and O–H groups in total. The van der Waals surface area contributed by atoms with E-state index in [9.17, 15) is 23.5 Å². The first kappa shape index (κ1) is 28.5. The van der Waals surface area contributed by atoms with E-state index in [1.807, 2.05) is 6.92 Å². The zero-order valence-electron chi connectivity index (χ0n) is 22.4. The Bertz CT molecular complexity index is 1430. The Morgan fingerprint density at radius 3 is 2.45 bits per heavy atom. The maximum absolute atomic E-state index is 13.6. The summed E-state index contributed by atoms with van der Waals surface area (Å²) in [5.41, 5.74) is 1.68. The average molecular weight is 553 g/mol. The number of ether oxygens (including phenoxy) is 1. The zero-order chi connectivity index (χ0) is 28.8. The number of hydrogen-bond acceptors (Lipinski definition) is 5. The summed E-state index contributed by atoms with van der Waals surface area (Å²) in [7, 11) is 1.61. The number of rotatable bonds is 5. The van der Waals surface area contributed by atoms with E-state index in [4.69, 9.17) is 4.74 Å². The summed E-state index contributed by atoms with van der Waals surface area (Å²) in [6.45, 7) is 3.83. The second kappa shape index (κ2) is 12.6. The van der Waals surface area contributed by atoms with Crippen molar-refractivity contribution in [2.75, 3.05) is 32.1 Å². The lowest BCUT2D eigenvalue weighted by Gasteiger charge is -2.37. The molecule has 1 aliphatic rings. The molecule has 0 fully saturated rings. The smallest absolute Gasteiger partial charge is 0.321 e. The maximum Gasteiger partial charge on any atom is 0.321 e. The summed E-state index contributed by atoms with van der Waals surface area (Å²) < 4.78 is 32.6. The van der Waals surface area contributed by atoms with E-state index >= 15 is 0 Å². The molecule has 8 nitrogen and oxygen atoms in total. The molecule has 1 aliphatic heterocycles. The van der Waals surface area contributed by atoms with Crippen LogP contribution in [-0.2, 0) is 0 Å². The van der Waals surface area contributed by atoms with E-state index in [0.29, 0.717) is 16.8 Å². The van der Waals surface area contributed by atoms with E-state index in [1.54, 1.807) is 37.1 Å². The van der Waals surface area contributed by atoms with Gasteiger partial charge in [0.2, 0.25) is 5.88 Å². The first-order valence-corrected chi connectivity index (χ1v) is 12.8. The predicted molar refractivity (Wildman–Crippen MR) is 150 cm³/mol. The van der Waals surface area contributed by atoms with Crippen molar-refractivity contribution in [2.24, 2.45) is 5.92 Å². The van der Waals surface area contributed by atoms with E-state index in [1.165, 1.54) is 47.5 Å². The summed E-state index contributed by atoms with van der Waals surface area (Å²) in [4.78, 5) is 33.8. The number of carbonyl (C=O) groups excluding carboxylic acids is 2. The monoisotopic (exact) mass is 552 g/mol. The molecule has 0 saturated heterocycles. The van der Waals surface area contributed by atoms with Gasteiger partial charge in [-0.15, -0.1) is 0 Å². The molecular formula is C30H34F2N4O4. The van der Waals surface area contributed by atoms with Crippen LogP contribution in [0, 0.1) is 29.4 Å². The predicted octanol–water partition coefficient (Wildman–Crippen LogP) is 4.64. The van der Waals surface area contributed by atoms with Gasteiger partial charge in [-0.05, 0) is 61.5 Å². The van der Waals surface area contributed by atoms with Gasteiger partial charge in [0.25, 0.3) is 5.91 Å². The van der Waals surface area contributed by atoms with Gasteiger partial charge in [0.1, 0.15) is 23.3 Å². The van der Waals surface area contributed by atoms with Gasteiger partial charge < -0.3 is 25.0 Å². The summed E-state index contributed by atoms with van der Waals surface area (Å²) >= 11 is 0. The van der Waals surface area contributed by atoms with Crippen LogP contribution in [0.4, 0.5) is 19.3 Å². The van der Waals surface area contributed by atoms with Gasteiger partial charge in [-0.1, -0.05) is 18.8 Å². The number of anilines is 1. The molecule has 212 valence electrons. The van der Waals surface area contributed by atoms with Crippen molar-refractivity contribution in [2.45, 2.75) is 26.0 Å². The number of carbonyl (C=O) groups is 2. The number of aliphatic hydroxyl groups is 1. The maximum atomic E-state index is 13.6. The van der Waals surface area contributed by atoms with Gasteiger partial charge in [0.05, 0.1) is 19.2 Å². The van der Waals surface area contributed by atoms with Crippen molar-refractivity contribution < 1.29 is 31.1 Å². The Morgan fingerprint density at radius 2 is 1.80 bits per heavy atom.